The van der Waals surface area contributed by atoms with Gasteiger partial charge in [-0.25, -0.2) is 9.97 Å². The van der Waals surface area contributed by atoms with Gasteiger partial charge in [-0.1, -0.05) is 24.3 Å². The molecule has 1 aromatic carbocycles. The largest absolute Gasteiger partial charge is 0.496 e. The van der Waals surface area contributed by atoms with Crippen LogP contribution in [-0.4, -0.2) is 33.1 Å². The summed E-state index contributed by atoms with van der Waals surface area (Å²) in [4.78, 5) is 11.5. The Morgan fingerprint density at radius 2 is 2.08 bits per heavy atom. The molecule has 5 nitrogen and oxygen atoms in total. The summed E-state index contributed by atoms with van der Waals surface area (Å²) >= 11 is 0. The summed E-state index contributed by atoms with van der Waals surface area (Å²) < 4.78 is 7.46. The monoisotopic (exact) mass is 334 g/mol. The van der Waals surface area contributed by atoms with Crippen molar-refractivity contribution < 1.29 is 4.74 Å². The zero-order chi connectivity index (χ0) is 17.1. The van der Waals surface area contributed by atoms with Gasteiger partial charge in [0, 0.05) is 24.5 Å². The molecule has 1 atom stereocenters. The van der Waals surface area contributed by atoms with Gasteiger partial charge in [0.15, 0.2) is 0 Å². The van der Waals surface area contributed by atoms with Crippen LogP contribution in [0, 0.1) is 0 Å². The van der Waals surface area contributed by atoms with Crippen LogP contribution in [0.25, 0.3) is 5.82 Å². The van der Waals surface area contributed by atoms with E-state index in [2.05, 4.69) is 34.1 Å². The van der Waals surface area contributed by atoms with E-state index in [1.54, 1.807) is 19.6 Å². The van der Waals surface area contributed by atoms with Crippen LogP contribution in [0.5, 0.6) is 5.75 Å². The fraction of sp³-hybridized carbons (Fsp3) is 0.300. The maximum absolute atomic E-state index is 5.51. The number of benzene rings is 1. The standard InChI is InChI=1S/C20H22N4O/c1-25-19-9-3-2-6-16(19)14-23-12-5-8-18(23)17-7-4-10-20(22-17)24-13-11-21-15-24/h2-4,6-7,9-11,13,15,18H,5,8,12,14H2,1H3/t18-/m1/s1. The minimum absolute atomic E-state index is 0.341. The number of hydrogen-bond acceptors (Lipinski definition) is 4. The fourth-order valence-electron chi connectivity index (χ4n) is 3.57. The summed E-state index contributed by atoms with van der Waals surface area (Å²) in [5, 5.41) is 0. The van der Waals surface area contributed by atoms with Crippen molar-refractivity contribution in [1.29, 1.82) is 0 Å². The number of imidazole rings is 1. The molecule has 0 spiro atoms. The topological polar surface area (TPSA) is 43.2 Å². The summed E-state index contributed by atoms with van der Waals surface area (Å²) in [7, 11) is 1.73. The first-order valence-electron chi connectivity index (χ1n) is 8.66. The number of aromatic nitrogens is 3. The molecule has 1 aliphatic rings. The van der Waals surface area contributed by atoms with E-state index in [1.165, 1.54) is 12.0 Å². The zero-order valence-corrected chi connectivity index (χ0v) is 14.4. The van der Waals surface area contributed by atoms with Gasteiger partial charge in [-0.15, -0.1) is 0 Å². The molecule has 5 heteroatoms. The van der Waals surface area contributed by atoms with Gasteiger partial charge < -0.3 is 4.74 Å². The van der Waals surface area contributed by atoms with Crippen LogP contribution in [0.4, 0.5) is 0 Å². The molecule has 3 heterocycles. The van der Waals surface area contributed by atoms with Crippen LogP contribution in [0.15, 0.2) is 61.2 Å². The number of rotatable bonds is 5. The van der Waals surface area contributed by atoms with E-state index in [9.17, 15) is 0 Å². The first-order valence-corrected chi connectivity index (χ1v) is 8.66. The van der Waals surface area contributed by atoms with E-state index in [0.29, 0.717) is 6.04 Å². The predicted octanol–water partition coefficient (Wildman–Crippen LogP) is 3.61. The lowest BCUT2D eigenvalue weighted by atomic mass is 10.1. The lowest BCUT2D eigenvalue weighted by Crippen LogP contribution is -2.24. The number of ether oxygens (including phenoxy) is 1. The smallest absolute Gasteiger partial charge is 0.138 e. The molecule has 25 heavy (non-hydrogen) atoms. The zero-order valence-electron chi connectivity index (χ0n) is 14.4. The lowest BCUT2D eigenvalue weighted by Gasteiger charge is -2.25. The van der Waals surface area contributed by atoms with Crippen LogP contribution < -0.4 is 4.74 Å². The SMILES string of the molecule is COc1ccccc1CN1CCC[C@@H]1c1cccc(-n2ccnc2)n1. The minimum Gasteiger partial charge on any atom is -0.496 e. The third kappa shape index (κ3) is 3.28. The van der Waals surface area contributed by atoms with Gasteiger partial charge in [0.05, 0.1) is 18.8 Å². The number of para-hydroxylation sites is 1. The van der Waals surface area contributed by atoms with Crippen molar-refractivity contribution in [2.24, 2.45) is 0 Å². The molecule has 0 N–H and O–H groups in total. The van der Waals surface area contributed by atoms with Crippen molar-refractivity contribution in [2.45, 2.75) is 25.4 Å². The normalized spacial score (nSPS) is 17.7. The Morgan fingerprint density at radius 3 is 2.92 bits per heavy atom. The van der Waals surface area contributed by atoms with E-state index in [0.717, 1.165) is 36.8 Å². The maximum Gasteiger partial charge on any atom is 0.138 e. The number of nitrogens with zero attached hydrogens (tertiary/aromatic N) is 4. The molecule has 3 aromatic rings. The van der Waals surface area contributed by atoms with Crippen molar-refractivity contribution >= 4 is 0 Å². The van der Waals surface area contributed by atoms with Crippen molar-refractivity contribution in [3.05, 3.63) is 72.4 Å². The molecule has 0 radical (unpaired) electrons. The number of hydrogen-bond donors (Lipinski definition) is 0. The first kappa shape index (κ1) is 15.8. The Labute approximate surface area is 147 Å². The van der Waals surface area contributed by atoms with E-state index in [-0.39, 0.29) is 0 Å². The van der Waals surface area contributed by atoms with Crippen molar-refractivity contribution in [2.75, 3.05) is 13.7 Å². The summed E-state index contributed by atoms with van der Waals surface area (Å²) in [5.41, 5.74) is 2.35. The maximum atomic E-state index is 5.51. The van der Waals surface area contributed by atoms with Crippen LogP contribution in [0.1, 0.15) is 30.1 Å². The highest BCUT2D eigenvalue weighted by atomic mass is 16.5. The van der Waals surface area contributed by atoms with Crippen molar-refractivity contribution in [3.8, 4) is 11.6 Å². The third-order valence-electron chi connectivity index (χ3n) is 4.80. The Balaban J connectivity index is 1.58. The van der Waals surface area contributed by atoms with Crippen LogP contribution >= 0.6 is 0 Å². The van der Waals surface area contributed by atoms with Crippen LogP contribution in [0.2, 0.25) is 0 Å². The molecule has 1 fully saturated rings. The highest BCUT2D eigenvalue weighted by molar-refractivity contribution is 5.33. The van der Waals surface area contributed by atoms with Gasteiger partial charge in [-0.3, -0.25) is 9.47 Å². The van der Waals surface area contributed by atoms with Crippen LogP contribution in [0.3, 0.4) is 0 Å². The molecule has 2 aromatic heterocycles. The summed E-state index contributed by atoms with van der Waals surface area (Å²) in [6, 6.07) is 14.8. The molecule has 0 saturated carbocycles. The Morgan fingerprint density at radius 1 is 1.16 bits per heavy atom. The molecular formula is C20H22N4O. The van der Waals surface area contributed by atoms with Gasteiger partial charge in [0.25, 0.3) is 0 Å². The number of pyridine rings is 1. The number of methoxy groups -OCH3 is 1. The molecule has 128 valence electrons. The summed E-state index contributed by atoms with van der Waals surface area (Å²) in [5.74, 6) is 1.87. The van der Waals surface area contributed by atoms with E-state index in [4.69, 9.17) is 9.72 Å². The summed E-state index contributed by atoms with van der Waals surface area (Å²) in [6.07, 6.45) is 7.81. The van der Waals surface area contributed by atoms with Gasteiger partial charge in [0.1, 0.15) is 17.9 Å². The fourth-order valence-corrected chi connectivity index (χ4v) is 3.57. The minimum atomic E-state index is 0.341. The highest BCUT2D eigenvalue weighted by Gasteiger charge is 2.27. The molecule has 1 aliphatic heterocycles. The molecule has 1 saturated heterocycles. The molecule has 0 aliphatic carbocycles. The second-order valence-corrected chi connectivity index (χ2v) is 6.33. The number of likely N-dealkylation sites (tertiary alicyclic amines) is 1. The lowest BCUT2D eigenvalue weighted by molar-refractivity contribution is 0.240. The van der Waals surface area contributed by atoms with Crippen molar-refractivity contribution in [1.82, 2.24) is 19.4 Å². The second-order valence-electron chi connectivity index (χ2n) is 6.33. The average molecular weight is 334 g/mol. The van der Waals surface area contributed by atoms with Gasteiger partial charge in [0.2, 0.25) is 0 Å². The van der Waals surface area contributed by atoms with E-state index < -0.39 is 0 Å². The molecule has 0 bridgehead atoms. The molecular weight excluding hydrogens is 312 g/mol. The van der Waals surface area contributed by atoms with E-state index in [1.807, 2.05) is 29.0 Å². The van der Waals surface area contributed by atoms with Gasteiger partial charge >= 0.3 is 0 Å². The van der Waals surface area contributed by atoms with Gasteiger partial charge in [-0.05, 0) is 37.6 Å². The molecule has 0 amide bonds. The quantitative estimate of drug-likeness (QED) is 0.715. The highest BCUT2D eigenvalue weighted by Crippen LogP contribution is 2.33. The Bertz CT molecular complexity index is 831. The predicted molar refractivity (Wildman–Crippen MR) is 96.7 cm³/mol. The average Bonchev–Trinajstić information content (AvgIpc) is 3.34. The second kappa shape index (κ2) is 7.07. The van der Waals surface area contributed by atoms with Crippen molar-refractivity contribution in [3.63, 3.8) is 0 Å². The van der Waals surface area contributed by atoms with Gasteiger partial charge in [-0.2, -0.15) is 0 Å². The Kier molecular flexibility index (Phi) is 4.48. The van der Waals surface area contributed by atoms with Crippen LogP contribution in [-0.2, 0) is 6.54 Å². The van der Waals surface area contributed by atoms with E-state index >= 15 is 0 Å². The first-order chi connectivity index (χ1) is 12.3. The molecule has 4 rings (SSSR count). The summed E-state index contributed by atoms with van der Waals surface area (Å²) in [6.45, 7) is 1.96. The third-order valence-corrected chi connectivity index (χ3v) is 4.80. The Hall–Kier alpha value is -2.66. The molecule has 0 unspecified atom stereocenters.